The monoisotopic (exact) mass is 256 g/mol. The van der Waals surface area contributed by atoms with Crippen molar-refractivity contribution in [3.8, 4) is 0 Å². The molecule has 0 aromatic rings. The lowest BCUT2D eigenvalue weighted by Crippen LogP contribution is -2.54. The molecule has 0 saturated carbocycles. The molecule has 2 rings (SSSR count). The standard InChI is InChI=1S/C11H21BN2O4/c15-10(16)9-11(3-1-5-12(17)18)4-2-6-13-8(11)7-14-9/h8-9,13-14,17-18H,1-7H2,(H,15,16). The van der Waals surface area contributed by atoms with Crippen LogP contribution in [0.25, 0.3) is 0 Å². The highest BCUT2D eigenvalue weighted by Gasteiger charge is 2.53. The summed E-state index contributed by atoms with van der Waals surface area (Å²) in [6.45, 7) is 1.61. The van der Waals surface area contributed by atoms with Gasteiger partial charge in [-0.25, -0.2) is 0 Å². The van der Waals surface area contributed by atoms with Crippen molar-refractivity contribution in [1.82, 2.24) is 10.6 Å². The smallest absolute Gasteiger partial charge is 0.451 e. The van der Waals surface area contributed by atoms with Crippen LogP contribution in [-0.2, 0) is 4.79 Å². The number of aliphatic carboxylic acids is 1. The molecule has 0 aliphatic carbocycles. The van der Waals surface area contributed by atoms with Crippen LogP contribution in [0.5, 0.6) is 0 Å². The van der Waals surface area contributed by atoms with E-state index in [-0.39, 0.29) is 11.5 Å². The summed E-state index contributed by atoms with van der Waals surface area (Å²) in [5.74, 6) is -0.800. The summed E-state index contributed by atoms with van der Waals surface area (Å²) in [7, 11) is -1.30. The maximum Gasteiger partial charge on any atom is 0.451 e. The van der Waals surface area contributed by atoms with E-state index in [9.17, 15) is 9.90 Å². The second-order valence-electron chi connectivity index (χ2n) is 5.40. The first-order chi connectivity index (χ1) is 8.56. The maximum atomic E-state index is 11.4. The summed E-state index contributed by atoms with van der Waals surface area (Å²) in [6.07, 6.45) is 3.52. The van der Waals surface area contributed by atoms with Gasteiger partial charge in [0.25, 0.3) is 0 Å². The fraction of sp³-hybridized carbons (Fsp3) is 0.909. The van der Waals surface area contributed by atoms with Gasteiger partial charge in [-0.05, 0) is 32.1 Å². The zero-order chi connectivity index (χ0) is 13.2. The van der Waals surface area contributed by atoms with E-state index in [2.05, 4.69) is 10.6 Å². The first kappa shape index (κ1) is 13.8. The fourth-order valence-electron chi connectivity index (χ4n) is 3.52. The Hall–Kier alpha value is -0.625. The quantitative estimate of drug-likeness (QED) is 0.406. The zero-order valence-corrected chi connectivity index (χ0v) is 10.4. The Morgan fingerprint density at radius 1 is 1.39 bits per heavy atom. The average Bonchev–Trinajstić information content (AvgIpc) is 2.67. The van der Waals surface area contributed by atoms with Gasteiger partial charge in [0.1, 0.15) is 6.04 Å². The van der Waals surface area contributed by atoms with Crippen LogP contribution in [0, 0.1) is 5.41 Å². The molecule has 2 fully saturated rings. The van der Waals surface area contributed by atoms with Crippen LogP contribution in [-0.4, -0.2) is 53.4 Å². The number of rotatable bonds is 5. The van der Waals surface area contributed by atoms with Gasteiger partial charge in [0, 0.05) is 18.0 Å². The third-order valence-electron chi connectivity index (χ3n) is 4.36. The first-order valence-electron chi connectivity index (χ1n) is 6.62. The second-order valence-corrected chi connectivity index (χ2v) is 5.40. The Bertz CT molecular complexity index is 315. The number of nitrogens with one attached hydrogen (secondary N) is 2. The molecule has 0 aromatic heterocycles. The molecule has 3 atom stereocenters. The molecule has 5 N–H and O–H groups in total. The van der Waals surface area contributed by atoms with Crippen LogP contribution < -0.4 is 10.6 Å². The number of carboxylic acid groups (broad SMARTS) is 1. The molecule has 0 radical (unpaired) electrons. The van der Waals surface area contributed by atoms with Crippen molar-refractivity contribution in [2.24, 2.45) is 5.41 Å². The van der Waals surface area contributed by atoms with Gasteiger partial charge in [0.15, 0.2) is 0 Å². The van der Waals surface area contributed by atoms with Crippen LogP contribution in [0.15, 0.2) is 0 Å². The van der Waals surface area contributed by atoms with Crippen molar-refractivity contribution in [1.29, 1.82) is 0 Å². The third-order valence-corrected chi connectivity index (χ3v) is 4.36. The molecule has 2 heterocycles. The number of piperidine rings is 1. The summed E-state index contributed by atoms with van der Waals surface area (Å²) >= 11 is 0. The Labute approximate surface area is 107 Å². The van der Waals surface area contributed by atoms with E-state index in [1.54, 1.807) is 0 Å². The Balaban J connectivity index is 2.07. The first-order valence-corrected chi connectivity index (χ1v) is 6.62. The molecule has 102 valence electrons. The average molecular weight is 256 g/mol. The van der Waals surface area contributed by atoms with Crippen molar-refractivity contribution >= 4 is 13.1 Å². The van der Waals surface area contributed by atoms with E-state index in [0.717, 1.165) is 19.4 Å². The molecule has 18 heavy (non-hydrogen) atoms. The predicted octanol–water partition coefficient (Wildman–Crippen LogP) is -0.966. The van der Waals surface area contributed by atoms with Crippen LogP contribution >= 0.6 is 0 Å². The van der Waals surface area contributed by atoms with Gasteiger partial charge in [0.05, 0.1) is 0 Å². The van der Waals surface area contributed by atoms with E-state index >= 15 is 0 Å². The fourth-order valence-corrected chi connectivity index (χ4v) is 3.52. The van der Waals surface area contributed by atoms with E-state index in [4.69, 9.17) is 10.0 Å². The third kappa shape index (κ3) is 2.54. The Morgan fingerprint density at radius 2 is 2.17 bits per heavy atom. The second kappa shape index (κ2) is 5.56. The largest absolute Gasteiger partial charge is 0.480 e. The lowest BCUT2D eigenvalue weighted by atomic mass is 9.66. The number of fused-ring (bicyclic) bond motifs is 1. The summed E-state index contributed by atoms with van der Waals surface area (Å²) in [6, 6.07) is -0.339. The zero-order valence-electron chi connectivity index (χ0n) is 10.4. The highest BCUT2D eigenvalue weighted by atomic mass is 16.4. The number of hydrogen-bond acceptors (Lipinski definition) is 5. The molecule has 7 heteroatoms. The lowest BCUT2D eigenvalue weighted by molar-refractivity contribution is -0.142. The summed E-state index contributed by atoms with van der Waals surface area (Å²) < 4.78 is 0. The number of hydrogen-bond donors (Lipinski definition) is 5. The van der Waals surface area contributed by atoms with Gasteiger partial charge in [0.2, 0.25) is 0 Å². The van der Waals surface area contributed by atoms with Gasteiger partial charge in [-0.15, -0.1) is 0 Å². The molecular weight excluding hydrogens is 235 g/mol. The SMILES string of the molecule is O=C(O)C1NCC2NCCCC21CCCB(O)O. The van der Waals surface area contributed by atoms with Gasteiger partial charge in [-0.2, -0.15) is 0 Å². The van der Waals surface area contributed by atoms with Crippen molar-refractivity contribution < 1.29 is 19.9 Å². The predicted molar refractivity (Wildman–Crippen MR) is 67.1 cm³/mol. The van der Waals surface area contributed by atoms with Gasteiger partial charge >= 0.3 is 13.1 Å². The van der Waals surface area contributed by atoms with Crippen molar-refractivity contribution in [2.75, 3.05) is 13.1 Å². The van der Waals surface area contributed by atoms with Crippen LogP contribution in [0.1, 0.15) is 25.7 Å². The lowest BCUT2D eigenvalue weighted by Gasteiger charge is -2.42. The van der Waals surface area contributed by atoms with Crippen molar-refractivity contribution in [3.05, 3.63) is 0 Å². The molecule has 3 unspecified atom stereocenters. The molecule has 0 amide bonds. The summed E-state index contributed by atoms with van der Waals surface area (Å²) in [5.41, 5.74) is -0.279. The van der Waals surface area contributed by atoms with Gasteiger partial charge in [-0.3, -0.25) is 4.79 Å². The number of carbonyl (C=O) groups is 1. The maximum absolute atomic E-state index is 11.4. The molecule has 0 spiro atoms. The van der Waals surface area contributed by atoms with E-state index in [1.807, 2.05) is 0 Å². The molecule has 2 aliphatic rings. The van der Waals surface area contributed by atoms with Gasteiger partial charge < -0.3 is 25.8 Å². The summed E-state index contributed by atoms with van der Waals surface area (Å²) in [5, 5.41) is 33.6. The topological polar surface area (TPSA) is 102 Å². The molecule has 6 nitrogen and oxygen atoms in total. The van der Waals surface area contributed by atoms with Crippen molar-refractivity contribution in [2.45, 2.75) is 44.1 Å². The molecule has 2 aliphatic heterocycles. The van der Waals surface area contributed by atoms with E-state index in [0.29, 0.717) is 25.7 Å². The molecule has 0 aromatic carbocycles. The normalized spacial score (nSPS) is 35.2. The molecule has 2 saturated heterocycles. The Kier molecular flexibility index (Phi) is 4.27. The van der Waals surface area contributed by atoms with E-state index in [1.165, 1.54) is 0 Å². The van der Waals surface area contributed by atoms with E-state index < -0.39 is 19.1 Å². The van der Waals surface area contributed by atoms with Gasteiger partial charge in [-0.1, -0.05) is 6.42 Å². The summed E-state index contributed by atoms with van der Waals surface area (Å²) in [4.78, 5) is 11.4. The van der Waals surface area contributed by atoms with Crippen molar-refractivity contribution in [3.63, 3.8) is 0 Å². The minimum absolute atomic E-state index is 0.184. The minimum Gasteiger partial charge on any atom is -0.480 e. The number of carboxylic acids is 1. The molecular formula is C11H21BN2O4. The Morgan fingerprint density at radius 3 is 2.83 bits per heavy atom. The van der Waals surface area contributed by atoms with Crippen LogP contribution in [0.4, 0.5) is 0 Å². The highest BCUT2D eigenvalue weighted by molar-refractivity contribution is 6.40. The van der Waals surface area contributed by atoms with Crippen LogP contribution in [0.2, 0.25) is 6.32 Å². The van der Waals surface area contributed by atoms with Crippen LogP contribution in [0.3, 0.4) is 0 Å². The minimum atomic E-state index is -1.30. The molecule has 0 bridgehead atoms. The highest BCUT2D eigenvalue weighted by Crippen LogP contribution is 2.43.